The molecule has 0 aliphatic heterocycles. The zero-order chi connectivity index (χ0) is 16.8. The number of quaternary nitrogens is 1. The summed E-state index contributed by atoms with van der Waals surface area (Å²) in [6, 6.07) is 0. The Morgan fingerprint density at radius 3 is 2.87 bits per heavy atom. The minimum absolute atomic E-state index is 0.0596. The zero-order valence-corrected chi connectivity index (χ0v) is 15.1. The van der Waals surface area contributed by atoms with E-state index in [4.69, 9.17) is 4.74 Å². The number of esters is 1. The highest BCUT2D eigenvalue weighted by atomic mass is 32.1. The average Bonchev–Trinajstić information content (AvgIpc) is 2.84. The fourth-order valence-corrected chi connectivity index (χ4v) is 4.29. The molecule has 1 atom stereocenters. The Hall–Kier alpha value is -1.40. The van der Waals surface area contributed by atoms with Gasteiger partial charge in [0.25, 0.3) is 5.91 Å². The van der Waals surface area contributed by atoms with Crippen molar-refractivity contribution >= 4 is 28.2 Å². The molecule has 0 aromatic carbocycles. The summed E-state index contributed by atoms with van der Waals surface area (Å²) in [4.78, 5) is 25.7. The Kier molecular flexibility index (Phi) is 6.59. The summed E-state index contributed by atoms with van der Waals surface area (Å²) in [5.41, 5.74) is 1.67. The molecule has 23 heavy (non-hydrogen) atoms. The highest BCUT2D eigenvalue weighted by Gasteiger charge is 2.29. The molecule has 1 amide bonds. The van der Waals surface area contributed by atoms with E-state index in [9.17, 15) is 9.59 Å². The first-order chi connectivity index (χ1) is 11.1. The second-order valence-corrected chi connectivity index (χ2v) is 7.21. The van der Waals surface area contributed by atoms with Crippen LogP contribution >= 0.6 is 11.3 Å². The number of nitrogens with one attached hydrogen (secondary N) is 1. The molecule has 0 unspecified atom stereocenters. The first-order valence-corrected chi connectivity index (χ1v) is 9.31. The third-order valence-corrected chi connectivity index (χ3v) is 5.24. The molecule has 0 saturated heterocycles. The maximum atomic E-state index is 12.3. The Morgan fingerprint density at radius 2 is 2.17 bits per heavy atom. The van der Waals surface area contributed by atoms with Crippen molar-refractivity contribution in [2.45, 2.75) is 46.5 Å². The number of nitrogens with two attached hydrogens (primary N) is 1. The zero-order valence-electron chi connectivity index (χ0n) is 14.2. The monoisotopic (exact) mass is 339 g/mol. The molecule has 1 aliphatic carbocycles. The van der Waals surface area contributed by atoms with Crippen LogP contribution in [0.5, 0.6) is 0 Å². The van der Waals surface area contributed by atoms with Gasteiger partial charge in [-0.05, 0) is 44.1 Å². The van der Waals surface area contributed by atoms with Gasteiger partial charge in [0.1, 0.15) is 5.00 Å². The first kappa shape index (κ1) is 17.9. The molecule has 0 spiro atoms. The minimum Gasteiger partial charge on any atom is -0.462 e. The molecular weight excluding hydrogens is 312 g/mol. The molecule has 3 N–H and O–H groups in total. The standard InChI is InChI=1S/C17H26N2O3S/c1-4-8-18-10-14(20)19-16-15(17(21)22-5-2)12-7-6-11(3)9-13(12)23-16/h11,18H,4-10H2,1-3H3,(H,19,20)/p+1/t11-/m1/s1. The van der Waals surface area contributed by atoms with Gasteiger partial charge < -0.3 is 15.4 Å². The second-order valence-electron chi connectivity index (χ2n) is 6.11. The van der Waals surface area contributed by atoms with Crippen molar-refractivity contribution < 1.29 is 19.6 Å². The van der Waals surface area contributed by atoms with Crippen LogP contribution in [0.3, 0.4) is 0 Å². The molecule has 1 aromatic rings. The molecule has 128 valence electrons. The second kappa shape index (κ2) is 8.45. The maximum Gasteiger partial charge on any atom is 0.341 e. The maximum absolute atomic E-state index is 12.3. The van der Waals surface area contributed by atoms with Gasteiger partial charge in [-0.25, -0.2) is 4.79 Å². The molecule has 5 nitrogen and oxygen atoms in total. The largest absolute Gasteiger partial charge is 0.462 e. The summed E-state index contributed by atoms with van der Waals surface area (Å²) >= 11 is 1.54. The molecule has 0 fully saturated rings. The quantitative estimate of drug-likeness (QED) is 0.589. The number of rotatable bonds is 7. The Bertz CT molecular complexity index is 568. The number of fused-ring (bicyclic) bond motifs is 1. The lowest BCUT2D eigenvalue weighted by Gasteiger charge is -2.18. The van der Waals surface area contributed by atoms with Crippen LogP contribution < -0.4 is 10.6 Å². The smallest absolute Gasteiger partial charge is 0.341 e. The Labute approximate surface area is 141 Å². The molecule has 6 heteroatoms. The van der Waals surface area contributed by atoms with Crippen molar-refractivity contribution in [1.82, 2.24) is 0 Å². The summed E-state index contributed by atoms with van der Waals surface area (Å²) in [6.45, 7) is 7.77. The summed E-state index contributed by atoms with van der Waals surface area (Å²) in [7, 11) is 0. The van der Waals surface area contributed by atoms with Gasteiger partial charge in [0.2, 0.25) is 0 Å². The predicted octanol–water partition coefficient (Wildman–Crippen LogP) is 1.96. The fraction of sp³-hybridized carbons (Fsp3) is 0.647. The van der Waals surface area contributed by atoms with Gasteiger partial charge >= 0.3 is 5.97 Å². The highest BCUT2D eigenvalue weighted by Crippen LogP contribution is 2.39. The molecular formula is C17H27N2O3S+. The van der Waals surface area contributed by atoms with E-state index in [1.165, 1.54) is 4.88 Å². The normalized spacial score (nSPS) is 16.7. The van der Waals surface area contributed by atoms with Gasteiger partial charge in [0, 0.05) is 4.88 Å². The van der Waals surface area contributed by atoms with Crippen LogP contribution in [0.25, 0.3) is 0 Å². The van der Waals surface area contributed by atoms with E-state index in [0.717, 1.165) is 37.8 Å². The summed E-state index contributed by atoms with van der Waals surface area (Å²) < 4.78 is 5.21. The van der Waals surface area contributed by atoms with Crippen LogP contribution in [0.4, 0.5) is 5.00 Å². The van der Waals surface area contributed by atoms with Crippen LogP contribution in [-0.4, -0.2) is 31.6 Å². The van der Waals surface area contributed by atoms with Gasteiger partial charge in [-0.1, -0.05) is 13.8 Å². The van der Waals surface area contributed by atoms with E-state index in [-0.39, 0.29) is 11.9 Å². The van der Waals surface area contributed by atoms with Crippen LogP contribution in [0.2, 0.25) is 0 Å². The average molecular weight is 339 g/mol. The van der Waals surface area contributed by atoms with Crippen LogP contribution in [0.1, 0.15) is 54.4 Å². The van der Waals surface area contributed by atoms with E-state index >= 15 is 0 Å². The number of ether oxygens (including phenoxy) is 1. The number of thiophene rings is 1. The minimum atomic E-state index is -0.313. The van der Waals surface area contributed by atoms with Gasteiger partial charge in [-0.2, -0.15) is 0 Å². The van der Waals surface area contributed by atoms with Gasteiger partial charge in [-0.15, -0.1) is 11.3 Å². The number of anilines is 1. The van der Waals surface area contributed by atoms with E-state index in [1.54, 1.807) is 18.3 Å². The summed E-state index contributed by atoms with van der Waals surface area (Å²) in [6.07, 6.45) is 3.98. The van der Waals surface area contributed by atoms with E-state index in [2.05, 4.69) is 19.2 Å². The predicted molar refractivity (Wildman–Crippen MR) is 92.0 cm³/mol. The lowest BCUT2D eigenvalue weighted by atomic mass is 9.88. The number of carbonyl (C=O) groups excluding carboxylic acids is 2. The molecule has 0 saturated carbocycles. The molecule has 0 radical (unpaired) electrons. The highest BCUT2D eigenvalue weighted by molar-refractivity contribution is 7.17. The van der Waals surface area contributed by atoms with E-state index in [1.807, 2.05) is 5.32 Å². The number of amides is 1. The fourth-order valence-electron chi connectivity index (χ4n) is 2.87. The topological polar surface area (TPSA) is 72.0 Å². The van der Waals surface area contributed by atoms with Gasteiger partial charge in [0.05, 0.1) is 18.7 Å². The molecule has 1 aromatic heterocycles. The number of carbonyl (C=O) groups is 2. The molecule has 2 rings (SSSR count). The Balaban J connectivity index is 2.20. The van der Waals surface area contributed by atoms with E-state index in [0.29, 0.717) is 29.6 Å². The van der Waals surface area contributed by atoms with Crippen molar-refractivity contribution in [2.75, 3.05) is 25.0 Å². The lowest BCUT2D eigenvalue weighted by Crippen LogP contribution is -2.86. The van der Waals surface area contributed by atoms with Crippen molar-refractivity contribution in [3.63, 3.8) is 0 Å². The lowest BCUT2D eigenvalue weighted by molar-refractivity contribution is -0.643. The van der Waals surface area contributed by atoms with Crippen LogP contribution in [0, 0.1) is 5.92 Å². The van der Waals surface area contributed by atoms with Gasteiger partial charge in [0.15, 0.2) is 6.54 Å². The van der Waals surface area contributed by atoms with Crippen molar-refractivity contribution in [3.05, 3.63) is 16.0 Å². The SMILES string of the molecule is CCC[NH2+]CC(=O)Nc1sc2c(c1C(=O)OCC)CC[C@@H](C)C2. The van der Waals surface area contributed by atoms with E-state index < -0.39 is 0 Å². The Morgan fingerprint density at radius 1 is 1.39 bits per heavy atom. The van der Waals surface area contributed by atoms with Gasteiger partial charge in [-0.3, -0.25) is 4.79 Å². The summed E-state index contributed by atoms with van der Waals surface area (Å²) in [5.74, 6) is 0.251. The van der Waals surface area contributed by atoms with Crippen molar-refractivity contribution in [3.8, 4) is 0 Å². The van der Waals surface area contributed by atoms with Crippen LogP contribution in [0.15, 0.2) is 0 Å². The van der Waals surface area contributed by atoms with Crippen molar-refractivity contribution in [2.24, 2.45) is 5.92 Å². The number of hydrogen-bond acceptors (Lipinski definition) is 4. The third kappa shape index (κ3) is 4.54. The third-order valence-electron chi connectivity index (χ3n) is 4.07. The van der Waals surface area contributed by atoms with Crippen LogP contribution in [-0.2, 0) is 22.4 Å². The first-order valence-electron chi connectivity index (χ1n) is 8.49. The molecule has 1 aliphatic rings. The van der Waals surface area contributed by atoms with Crippen molar-refractivity contribution in [1.29, 1.82) is 0 Å². The number of hydrogen-bond donors (Lipinski definition) is 2. The molecule has 0 bridgehead atoms. The molecule has 1 heterocycles. The summed E-state index contributed by atoms with van der Waals surface area (Å²) in [5, 5.41) is 5.57.